The van der Waals surface area contributed by atoms with Crippen LogP contribution in [0.3, 0.4) is 0 Å². The van der Waals surface area contributed by atoms with Crippen molar-refractivity contribution in [1.82, 2.24) is 0 Å². The van der Waals surface area contributed by atoms with Crippen molar-refractivity contribution >= 4 is 5.97 Å². The lowest BCUT2D eigenvalue weighted by Crippen LogP contribution is -2.47. The second-order valence-electron chi connectivity index (χ2n) is 3.80. The fourth-order valence-electron chi connectivity index (χ4n) is 1.80. The maximum atomic E-state index is 11.3. The van der Waals surface area contributed by atoms with Crippen LogP contribution in [0.2, 0.25) is 0 Å². The van der Waals surface area contributed by atoms with E-state index in [0.717, 1.165) is 19.3 Å². The highest BCUT2D eigenvalue weighted by Gasteiger charge is 2.40. The van der Waals surface area contributed by atoms with E-state index in [2.05, 4.69) is 0 Å². The predicted octanol–water partition coefficient (Wildman–Crippen LogP) is 0.836. The maximum Gasteiger partial charge on any atom is 0.323 e. The van der Waals surface area contributed by atoms with Crippen LogP contribution in [0.1, 0.15) is 32.6 Å². The fourth-order valence-corrected chi connectivity index (χ4v) is 1.80. The lowest BCUT2D eigenvalue weighted by Gasteiger charge is -2.41. The number of hydrogen-bond donors (Lipinski definition) is 1. The Morgan fingerprint density at radius 3 is 2.57 bits per heavy atom. The molecule has 0 aliphatic heterocycles. The molecule has 1 atom stereocenters. The molecule has 1 aliphatic carbocycles. The van der Waals surface area contributed by atoms with Crippen molar-refractivity contribution in [2.24, 2.45) is 5.73 Å². The Balaban J connectivity index is 2.38. The minimum atomic E-state index is -0.546. The van der Waals surface area contributed by atoms with Crippen molar-refractivity contribution in [2.75, 3.05) is 13.7 Å². The molecule has 1 saturated carbocycles. The van der Waals surface area contributed by atoms with Crippen molar-refractivity contribution in [3.8, 4) is 0 Å². The SMILES string of the molecule is CCOC(=O)[C@H](N)CC1(OC)CCC1. The number of carbonyl (C=O) groups is 1. The minimum Gasteiger partial charge on any atom is -0.465 e. The lowest BCUT2D eigenvalue weighted by molar-refractivity contribution is -0.149. The molecule has 14 heavy (non-hydrogen) atoms. The molecule has 0 aromatic carbocycles. The van der Waals surface area contributed by atoms with E-state index in [1.54, 1.807) is 14.0 Å². The maximum absolute atomic E-state index is 11.3. The van der Waals surface area contributed by atoms with Gasteiger partial charge < -0.3 is 15.2 Å². The first-order valence-electron chi connectivity index (χ1n) is 5.11. The van der Waals surface area contributed by atoms with Crippen molar-refractivity contribution in [3.63, 3.8) is 0 Å². The van der Waals surface area contributed by atoms with Crippen LogP contribution in [0.5, 0.6) is 0 Å². The minimum absolute atomic E-state index is 0.161. The number of rotatable bonds is 5. The Bertz CT molecular complexity index is 196. The van der Waals surface area contributed by atoms with E-state index in [0.29, 0.717) is 13.0 Å². The molecule has 0 unspecified atom stereocenters. The average molecular weight is 201 g/mol. The summed E-state index contributed by atoms with van der Waals surface area (Å²) in [4.78, 5) is 11.3. The van der Waals surface area contributed by atoms with Gasteiger partial charge in [-0.1, -0.05) is 0 Å². The molecular weight excluding hydrogens is 182 g/mol. The first-order chi connectivity index (χ1) is 6.63. The van der Waals surface area contributed by atoms with Crippen molar-refractivity contribution in [3.05, 3.63) is 0 Å². The standard InChI is InChI=1S/C10H19NO3/c1-3-14-9(12)8(11)7-10(13-2)5-4-6-10/h8H,3-7,11H2,1-2H3/t8-/m1/s1. The zero-order chi connectivity index (χ0) is 10.6. The van der Waals surface area contributed by atoms with Crippen LogP contribution in [0, 0.1) is 0 Å². The molecule has 4 heteroatoms. The Labute approximate surface area is 84.7 Å². The highest BCUT2D eigenvalue weighted by molar-refractivity contribution is 5.75. The normalized spacial score (nSPS) is 21.1. The van der Waals surface area contributed by atoms with E-state index in [-0.39, 0.29) is 11.6 Å². The van der Waals surface area contributed by atoms with Crippen molar-refractivity contribution in [2.45, 2.75) is 44.2 Å². The van der Waals surface area contributed by atoms with Crippen LogP contribution in [0.15, 0.2) is 0 Å². The molecule has 2 N–H and O–H groups in total. The number of carbonyl (C=O) groups excluding carboxylic acids is 1. The number of nitrogens with two attached hydrogens (primary N) is 1. The third-order valence-electron chi connectivity index (χ3n) is 2.88. The molecule has 1 aliphatic rings. The van der Waals surface area contributed by atoms with Crippen LogP contribution >= 0.6 is 0 Å². The van der Waals surface area contributed by atoms with Gasteiger partial charge in [0.15, 0.2) is 0 Å². The Morgan fingerprint density at radius 1 is 1.57 bits per heavy atom. The summed E-state index contributed by atoms with van der Waals surface area (Å²) in [6.45, 7) is 2.16. The van der Waals surface area contributed by atoms with Gasteiger partial charge in [-0.15, -0.1) is 0 Å². The summed E-state index contributed by atoms with van der Waals surface area (Å²) in [7, 11) is 1.68. The molecular formula is C10H19NO3. The monoisotopic (exact) mass is 201 g/mol. The Kier molecular flexibility index (Phi) is 3.89. The van der Waals surface area contributed by atoms with Crippen LogP contribution < -0.4 is 5.73 Å². The molecule has 0 saturated heterocycles. The zero-order valence-electron chi connectivity index (χ0n) is 8.91. The van der Waals surface area contributed by atoms with Gasteiger partial charge in [-0.3, -0.25) is 4.79 Å². The number of ether oxygens (including phenoxy) is 2. The van der Waals surface area contributed by atoms with E-state index in [1.807, 2.05) is 0 Å². The third kappa shape index (κ3) is 2.45. The van der Waals surface area contributed by atoms with E-state index in [4.69, 9.17) is 15.2 Å². The van der Waals surface area contributed by atoms with Gasteiger partial charge in [-0.25, -0.2) is 0 Å². The molecule has 0 aromatic rings. The summed E-state index contributed by atoms with van der Waals surface area (Å²) in [5.41, 5.74) is 5.56. The number of hydrogen-bond acceptors (Lipinski definition) is 4. The highest BCUT2D eigenvalue weighted by Crippen LogP contribution is 2.38. The predicted molar refractivity (Wildman–Crippen MR) is 52.8 cm³/mol. The Morgan fingerprint density at radius 2 is 2.21 bits per heavy atom. The summed E-state index contributed by atoms with van der Waals surface area (Å²) < 4.78 is 10.2. The van der Waals surface area contributed by atoms with Gasteiger partial charge in [-0.2, -0.15) is 0 Å². The van der Waals surface area contributed by atoms with Crippen LogP contribution in [0.25, 0.3) is 0 Å². The van der Waals surface area contributed by atoms with Crippen LogP contribution in [-0.2, 0) is 14.3 Å². The summed E-state index contributed by atoms with van der Waals surface area (Å²) in [6, 6.07) is -0.546. The van der Waals surface area contributed by atoms with Gasteiger partial charge in [0.1, 0.15) is 6.04 Å². The summed E-state index contributed by atoms with van der Waals surface area (Å²) in [5.74, 6) is -0.323. The van der Waals surface area contributed by atoms with Crippen molar-refractivity contribution in [1.29, 1.82) is 0 Å². The molecule has 0 radical (unpaired) electrons. The van der Waals surface area contributed by atoms with Gasteiger partial charge >= 0.3 is 5.97 Å². The third-order valence-corrected chi connectivity index (χ3v) is 2.88. The fraction of sp³-hybridized carbons (Fsp3) is 0.900. The molecule has 1 rings (SSSR count). The van der Waals surface area contributed by atoms with Gasteiger partial charge in [0.25, 0.3) is 0 Å². The highest BCUT2D eigenvalue weighted by atomic mass is 16.5. The second-order valence-corrected chi connectivity index (χ2v) is 3.80. The first-order valence-corrected chi connectivity index (χ1v) is 5.11. The summed E-state index contributed by atoms with van der Waals surface area (Å²) in [5, 5.41) is 0. The molecule has 0 aromatic heterocycles. The smallest absolute Gasteiger partial charge is 0.323 e. The van der Waals surface area contributed by atoms with Gasteiger partial charge in [0.05, 0.1) is 12.2 Å². The van der Waals surface area contributed by atoms with Crippen molar-refractivity contribution < 1.29 is 14.3 Å². The van der Waals surface area contributed by atoms with Gasteiger partial charge in [-0.05, 0) is 26.2 Å². The van der Waals surface area contributed by atoms with E-state index in [1.165, 1.54) is 0 Å². The van der Waals surface area contributed by atoms with Gasteiger partial charge in [0.2, 0.25) is 0 Å². The quantitative estimate of drug-likeness (QED) is 0.669. The second kappa shape index (κ2) is 4.75. The number of methoxy groups -OCH3 is 1. The summed E-state index contributed by atoms with van der Waals surface area (Å²) >= 11 is 0. The first kappa shape index (κ1) is 11.5. The van der Waals surface area contributed by atoms with Crippen LogP contribution in [0.4, 0.5) is 0 Å². The van der Waals surface area contributed by atoms with E-state index < -0.39 is 6.04 Å². The lowest BCUT2D eigenvalue weighted by atomic mass is 9.76. The molecule has 1 fully saturated rings. The number of esters is 1. The zero-order valence-corrected chi connectivity index (χ0v) is 8.91. The molecule has 0 heterocycles. The molecule has 4 nitrogen and oxygen atoms in total. The largest absolute Gasteiger partial charge is 0.465 e. The topological polar surface area (TPSA) is 61.5 Å². The van der Waals surface area contributed by atoms with Gasteiger partial charge in [0, 0.05) is 13.5 Å². The van der Waals surface area contributed by atoms with E-state index in [9.17, 15) is 4.79 Å². The molecule has 82 valence electrons. The van der Waals surface area contributed by atoms with Crippen LogP contribution in [-0.4, -0.2) is 31.3 Å². The summed E-state index contributed by atoms with van der Waals surface area (Å²) in [6.07, 6.45) is 3.72. The molecule has 0 amide bonds. The molecule has 0 bridgehead atoms. The molecule has 0 spiro atoms. The Hall–Kier alpha value is -0.610. The van der Waals surface area contributed by atoms with E-state index >= 15 is 0 Å². The average Bonchev–Trinajstić information content (AvgIpc) is 2.11.